The molecule has 98 valence electrons. The van der Waals surface area contributed by atoms with Crippen LogP contribution >= 0.6 is 22.6 Å². The number of esters is 1. The molecule has 0 aromatic heterocycles. The second-order valence-electron chi connectivity index (χ2n) is 3.52. The Hall–Kier alpha value is -1.31. The standard InChI is InChI=1S/C12H14INO4/c1-8(15)14-10(12(16)17-2)7-18-11-6-4-3-5-9(11)13/h3-6,10H,7H2,1-2H3,(H,14,15). The highest BCUT2D eigenvalue weighted by Crippen LogP contribution is 2.19. The van der Waals surface area contributed by atoms with E-state index in [1.165, 1.54) is 14.0 Å². The van der Waals surface area contributed by atoms with Crippen LogP contribution in [-0.4, -0.2) is 31.6 Å². The number of ether oxygens (including phenoxy) is 2. The molecule has 1 amide bonds. The monoisotopic (exact) mass is 363 g/mol. The topological polar surface area (TPSA) is 64.6 Å². The van der Waals surface area contributed by atoms with Gasteiger partial charge in [0.15, 0.2) is 6.04 Å². The zero-order chi connectivity index (χ0) is 13.5. The molecule has 0 aliphatic rings. The normalized spacial score (nSPS) is 11.5. The number of rotatable bonds is 5. The van der Waals surface area contributed by atoms with E-state index in [4.69, 9.17) is 4.74 Å². The van der Waals surface area contributed by atoms with Gasteiger partial charge in [0.1, 0.15) is 12.4 Å². The molecule has 1 atom stereocenters. The van der Waals surface area contributed by atoms with Crippen LogP contribution in [0.4, 0.5) is 0 Å². The van der Waals surface area contributed by atoms with Crippen molar-refractivity contribution >= 4 is 34.5 Å². The van der Waals surface area contributed by atoms with Crippen molar-refractivity contribution in [1.29, 1.82) is 0 Å². The molecule has 0 saturated carbocycles. The van der Waals surface area contributed by atoms with Crippen LogP contribution in [0.1, 0.15) is 6.92 Å². The third-order valence-corrected chi connectivity index (χ3v) is 3.00. The molecule has 0 heterocycles. The third kappa shape index (κ3) is 4.52. The molecule has 18 heavy (non-hydrogen) atoms. The first-order valence-electron chi connectivity index (χ1n) is 5.27. The fourth-order valence-electron chi connectivity index (χ4n) is 1.29. The predicted octanol–water partition coefficient (Wildman–Crippen LogP) is 1.35. The van der Waals surface area contributed by atoms with Crippen molar-refractivity contribution in [3.8, 4) is 5.75 Å². The average Bonchev–Trinajstić information content (AvgIpc) is 2.34. The second-order valence-corrected chi connectivity index (χ2v) is 4.68. The highest BCUT2D eigenvalue weighted by Gasteiger charge is 2.21. The number of carbonyl (C=O) groups excluding carboxylic acids is 2. The largest absolute Gasteiger partial charge is 0.490 e. The first kappa shape index (κ1) is 14.7. The van der Waals surface area contributed by atoms with Crippen LogP contribution < -0.4 is 10.1 Å². The summed E-state index contributed by atoms with van der Waals surface area (Å²) in [4.78, 5) is 22.4. The summed E-state index contributed by atoms with van der Waals surface area (Å²) in [5.74, 6) is -0.176. The number of amides is 1. The third-order valence-electron chi connectivity index (χ3n) is 2.11. The molecular weight excluding hydrogens is 349 g/mol. The zero-order valence-electron chi connectivity index (χ0n) is 10.1. The minimum atomic E-state index is -0.802. The number of carbonyl (C=O) groups is 2. The Kier molecular flexibility index (Phi) is 5.90. The van der Waals surface area contributed by atoms with Crippen LogP contribution in [0.15, 0.2) is 24.3 Å². The lowest BCUT2D eigenvalue weighted by molar-refractivity contribution is -0.145. The molecule has 0 bridgehead atoms. The Morgan fingerprint density at radius 3 is 2.61 bits per heavy atom. The molecule has 5 nitrogen and oxygen atoms in total. The Balaban J connectivity index is 2.64. The van der Waals surface area contributed by atoms with Gasteiger partial charge >= 0.3 is 5.97 Å². The summed E-state index contributed by atoms with van der Waals surface area (Å²) in [7, 11) is 1.27. The van der Waals surface area contributed by atoms with Gasteiger partial charge in [-0.25, -0.2) is 4.79 Å². The maximum atomic E-state index is 11.4. The summed E-state index contributed by atoms with van der Waals surface area (Å²) in [6, 6.07) is 6.61. The van der Waals surface area contributed by atoms with Crippen LogP contribution in [0.2, 0.25) is 0 Å². The van der Waals surface area contributed by atoms with E-state index < -0.39 is 12.0 Å². The molecule has 6 heteroatoms. The minimum absolute atomic E-state index is 0.0340. The molecule has 0 aliphatic heterocycles. The molecule has 1 unspecified atom stereocenters. The van der Waals surface area contributed by atoms with E-state index in [0.29, 0.717) is 5.75 Å². The molecule has 0 aliphatic carbocycles. The number of hydrogen-bond acceptors (Lipinski definition) is 4. The molecule has 1 aromatic carbocycles. The number of para-hydroxylation sites is 1. The molecule has 0 radical (unpaired) electrons. The Bertz CT molecular complexity index is 436. The fraction of sp³-hybridized carbons (Fsp3) is 0.333. The summed E-state index contributed by atoms with van der Waals surface area (Å²) in [5.41, 5.74) is 0. The maximum Gasteiger partial charge on any atom is 0.331 e. The lowest BCUT2D eigenvalue weighted by Crippen LogP contribution is -2.44. The fourth-order valence-corrected chi connectivity index (χ4v) is 1.83. The van der Waals surface area contributed by atoms with Gasteiger partial charge in [-0.05, 0) is 34.7 Å². The van der Waals surface area contributed by atoms with E-state index in [1.54, 1.807) is 6.07 Å². The van der Waals surface area contributed by atoms with E-state index in [2.05, 4.69) is 32.6 Å². The molecular formula is C12H14INO4. The molecule has 0 spiro atoms. The van der Waals surface area contributed by atoms with Crippen molar-refractivity contribution in [3.63, 3.8) is 0 Å². The molecule has 1 aromatic rings. The lowest BCUT2D eigenvalue weighted by Gasteiger charge is -2.16. The number of halogens is 1. The summed E-state index contributed by atoms with van der Waals surface area (Å²) in [6.45, 7) is 1.37. The number of hydrogen-bond donors (Lipinski definition) is 1. The van der Waals surface area contributed by atoms with Crippen LogP contribution in [-0.2, 0) is 14.3 Å². The van der Waals surface area contributed by atoms with Crippen LogP contribution in [0, 0.1) is 3.57 Å². The Morgan fingerprint density at radius 2 is 2.06 bits per heavy atom. The van der Waals surface area contributed by atoms with Crippen molar-refractivity contribution in [2.45, 2.75) is 13.0 Å². The maximum absolute atomic E-state index is 11.4. The smallest absolute Gasteiger partial charge is 0.331 e. The number of methoxy groups -OCH3 is 1. The molecule has 1 N–H and O–H groups in total. The van der Waals surface area contributed by atoms with Gasteiger partial charge in [0.25, 0.3) is 0 Å². The van der Waals surface area contributed by atoms with Gasteiger partial charge in [-0.15, -0.1) is 0 Å². The molecule has 0 fully saturated rings. The van der Waals surface area contributed by atoms with Crippen molar-refractivity contribution in [1.82, 2.24) is 5.32 Å². The van der Waals surface area contributed by atoms with Crippen LogP contribution in [0.25, 0.3) is 0 Å². The van der Waals surface area contributed by atoms with E-state index in [0.717, 1.165) is 3.57 Å². The van der Waals surface area contributed by atoms with Gasteiger partial charge < -0.3 is 14.8 Å². The average molecular weight is 363 g/mol. The first-order valence-corrected chi connectivity index (χ1v) is 6.34. The van der Waals surface area contributed by atoms with Crippen molar-refractivity contribution in [2.24, 2.45) is 0 Å². The number of benzene rings is 1. The highest BCUT2D eigenvalue weighted by molar-refractivity contribution is 14.1. The van der Waals surface area contributed by atoms with E-state index in [1.807, 2.05) is 18.2 Å². The Morgan fingerprint density at radius 1 is 1.39 bits per heavy atom. The van der Waals surface area contributed by atoms with Gasteiger partial charge in [-0.3, -0.25) is 4.79 Å². The highest BCUT2D eigenvalue weighted by atomic mass is 127. The summed E-state index contributed by atoms with van der Waals surface area (Å²) in [6.07, 6.45) is 0. The van der Waals surface area contributed by atoms with Crippen molar-refractivity contribution in [2.75, 3.05) is 13.7 Å². The van der Waals surface area contributed by atoms with Gasteiger partial charge in [-0.2, -0.15) is 0 Å². The summed E-state index contributed by atoms with van der Waals surface area (Å²) >= 11 is 2.13. The summed E-state index contributed by atoms with van der Waals surface area (Å²) < 4.78 is 11.0. The second kappa shape index (κ2) is 7.20. The van der Waals surface area contributed by atoms with Gasteiger partial charge in [-0.1, -0.05) is 12.1 Å². The van der Waals surface area contributed by atoms with Gasteiger partial charge in [0, 0.05) is 6.92 Å². The Labute approximate surface area is 119 Å². The van der Waals surface area contributed by atoms with Gasteiger partial charge in [0.2, 0.25) is 5.91 Å². The van der Waals surface area contributed by atoms with Gasteiger partial charge in [0.05, 0.1) is 10.7 Å². The zero-order valence-corrected chi connectivity index (χ0v) is 12.3. The van der Waals surface area contributed by atoms with E-state index >= 15 is 0 Å². The van der Waals surface area contributed by atoms with Crippen LogP contribution in [0.5, 0.6) is 5.75 Å². The molecule has 1 rings (SSSR count). The minimum Gasteiger partial charge on any atom is -0.490 e. The SMILES string of the molecule is COC(=O)C(COc1ccccc1I)NC(C)=O. The summed E-state index contributed by atoms with van der Waals surface area (Å²) in [5, 5.41) is 2.48. The lowest BCUT2D eigenvalue weighted by atomic mass is 10.3. The first-order chi connectivity index (χ1) is 8.54. The quantitative estimate of drug-likeness (QED) is 0.634. The van der Waals surface area contributed by atoms with E-state index in [9.17, 15) is 9.59 Å². The number of nitrogens with one attached hydrogen (secondary N) is 1. The van der Waals surface area contributed by atoms with E-state index in [-0.39, 0.29) is 12.5 Å². The predicted molar refractivity (Wildman–Crippen MR) is 74.3 cm³/mol. The van der Waals surface area contributed by atoms with Crippen LogP contribution in [0.3, 0.4) is 0 Å². The van der Waals surface area contributed by atoms with Crippen molar-refractivity contribution < 1.29 is 19.1 Å². The van der Waals surface area contributed by atoms with Crippen molar-refractivity contribution in [3.05, 3.63) is 27.8 Å². The molecule has 0 saturated heterocycles.